The standard InChI is InChI=1S/C15H11FN4O2S2/c1-9-4-10(7-17)12(16)6-13(9)20-24(21,22)11-5-14(19-8-11)15-18-2-3-23-15/h2-6,8,19-20H,1H3. The lowest BCUT2D eigenvalue weighted by atomic mass is 10.1. The van der Waals surface area contributed by atoms with Crippen molar-refractivity contribution in [1.82, 2.24) is 9.97 Å². The Morgan fingerprint density at radius 3 is 2.83 bits per heavy atom. The number of sulfonamides is 1. The SMILES string of the molecule is Cc1cc(C#N)c(F)cc1NS(=O)(=O)c1c[nH]c(-c2nccs2)c1. The summed E-state index contributed by atoms with van der Waals surface area (Å²) in [6.45, 7) is 1.59. The molecule has 0 saturated carbocycles. The summed E-state index contributed by atoms with van der Waals surface area (Å²) in [4.78, 5) is 6.97. The second kappa shape index (κ2) is 6.07. The molecule has 3 rings (SSSR count). The number of rotatable bonds is 4. The molecule has 0 aliphatic heterocycles. The van der Waals surface area contributed by atoms with Crippen molar-refractivity contribution in [3.05, 3.63) is 52.9 Å². The van der Waals surface area contributed by atoms with Crippen molar-refractivity contribution in [1.29, 1.82) is 5.26 Å². The Morgan fingerprint density at radius 1 is 1.38 bits per heavy atom. The van der Waals surface area contributed by atoms with Gasteiger partial charge in [0, 0.05) is 17.8 Å². The zero-order chi connectivity index (χ0) is 17.3. The van der Waals surface area contributed by atoms with E-state index in [1.54, 1.807) is 24.6 Å². The number of hydrogen-bond acceptors (Lipinski definition) is 5. The van der Waals surface area contributed by atoms with Crippen LogP contribution in [0.1, 0.15) is 11.1 Å². The van der Waals surface area contributed by atoms with Crippen molar-refractivity contribution < 1.29 is 12.8 Å². The minimum Gasteiger partial charge on any atom is -0.358 e. The zero-order valence-corrected chi connectivity index (χ0v) is 14.0. The molecule has 2 heterocycles. The molecule has 0 radical (unpaired) electrons. The maximum absolute atomic E-state index is 13.7. The number of thiazole rings is 1. The van der Waals surface area contributed by atoms with Crippen LogP contribution in [0.5, 0.6) is 0 Å². The van der Waals surface area contributed by atoms with E-state index < -0.39 is 15.8 Å². The van der Waals surface area contributed by atoms with Crippen molar-refractivity contribution in [3.63, 3.8) is 0 Å². The highest BCUT2D eigenvalue weighted by Gasteiger charge is 2.19. The number of benzene rings is 1. The van der Waals surface area contributed by atoms with Crippen molar-refractivity contribution in [2.24, 2.45) is 0 Å². The molecular formula is C15H11FN4O2S2. The molecule has 0 aliphatic carbocycles. The molecule has 0 fully saturated rings. The quantitative estimate of drug-likeness (QED) is 0.744. The van der Waals surface area contributed by atoms with Crippen LogP contribution in [-0.2, 0) is 10.0 Å². The van der Waals surface area contributed by atoms with Crippen LogP contribution in [-0.4, -0.2) is 18.4 Å². The Balaban J connectivity index is 1.93. The average molecular weight is 362 g/mol. The van der Waals surface area contributed by atoms with Gasteiger partial charge >= 0.3 is 0 Å². The van der Waals surface area contributed by atoms with Gasteiger partial charge in [0.1, 0.15) is 21.8 Å². The van der Waals surface area contributed by atoms with E-state index >= 15 is 0 Å². The number of aryl methyl sites for hydroxylation is 1. The van der Waals surface area contributed by atoms with Gasteiger partial charge in [-0.3, -0.25) is 4.72 Å². The first-order valence-corrected chi connectivity index (χ1v) is 9.08. The fourth-order valence-corrected chi connectivity index (χ4v) is 3.82. The molecule has 9 heteroatoms. The maximum Gasteiger partial charge on any atom is 0.263 e. The summed E-state index contributed by atoms with van der Waals surface area (Å²) in [5.41, 5.74) is 0.979. The van der Waals surface area contributed by atoms with E-state index in [0.29, 0.717) is 16.3 Å². The Hall–Kier alpha value is -2.70. The monoisotopic (exact) mass is 362 g/mol. The molecule has 0 atom stereocenters. The molecule has 0 aliphatic rings. The summed E-state index contributed by atoms with van der Waals surface area (Å²) in [5.74, 6) is -0.779. The van der Waals surface area contributed by atoms with Gasteiger partial charge in [0.15, 0.2) is 0 Å². The highest BCUT2D eigenvalue weighted by molar-refractivity contribution is 7.92. The summed E-state index contributed by atoms with van der Waals surface area (Å²) in [6, 6.07) is 5.47. The molecule has 0 bridgehead atoms. The molecule has 24 heavy (non-hydrogen) atoms. The van der Waals surface area contributed by atoms with E-state index in [2.05, 4.69) is 14.7 Å². The molecular weight excluding hydrogens is 351 g/mol. The predicted molar refractivity (Wildman–Crippen MR) is 88.6 cm³/mol. The number of nitriles is 1. The van der Waals surface area contributed by atoms with Crippen molar-refractivity contribution in [2.75, 3.05) is 4.72 Å². The van der Waals surface area contributed by atoms with Crippen molar-refractivity contribution in [3.8, 4) is 16.8 Å². The summed E-state index contributed by atoms with van der Waals surface area (Å²) in [7, 11) is -3.90. The molecule has 0 spiro atoms. The van der Waals surface area contributed by atoms with Crippen LogP contribution in [0.15, 0.2) is 40.9 Å². The van der Waals surface area contributed by atoms with Gasteiger partial charge < -0.3 is 4.98 Å². The Kier molecular flexibility index (Phi) is 4.09. The fraction of sp³-hybridized carbons (Fsp3) is 0.0667. The van der Waals surface area contributed by atoms with Crippen LogP contribution in [0.4, 0.5) is 10.1 Å². The van der Waals surface area contributed by atoms with Crippen LogP contribution >= 0.6 is 11.3 Å². The second-order valence-electron chi connectivity index (χ2n) is 4.95. The van der Waals surface area contributed by atoms with Gasteiger partial charge in [0.25, 0.3) is 10.0 Å². The third-order valence-electron chi connectivity index (χ3n) is 3.31. The van der Waals surface area contributed by atoms with Crippen LogP contribution in [0.2, 0.25) is 0 Å². The number of nitrogens with one attached hydrogen (secondary N) is 2. The summed E-state index contributed by atoms with van der Waals surface area (Å²) >= 11 is 1.37. The van der Waals surface area contributed by atoms with E-state index in [1.807, 2.05) is 0 Å². The molecule has 0 unspecified atom stereocenters. The summed E-state index contributed by atoms with van der Waals surface area (Å²) in [6.07, 6.45) is 2.96. The van der Waals surface area contributed by atoms with E-state index in [1.165, 1.54) is 29.7 Å². The topological polar surface area (TPSA) is 98.6 Å². The van der Waals surface area contributed by atoms with Gasteiger partial charge in [-0.2, -0.15) is 5.26 Å². The van der Waals surface area contributed by atoms with Gasteiger partial charge in [-0.1, -0.05) is 0 Å². The number of nitrogens with zero attached hydrogens (tertiary/aromatic N) is 2. The van der Waals surface area contributed by atoms with Crippen LogP contribution in [0.25, 0.3) is 10.7 Å². The predicted octanol–water partition coefficient (Wildman–Crippen LogP) is 3.26. The molecule has 0 saturated heterocycles. The lowest BCUT2D eigenvalue weighted by Crippen LogP contribution is -2.13. The molecule has 0 amide bonds. The second-order valence-corrected chi connectivity index (χ2v) is 7.53. The number of halogens is 1. The Bertz CT molecular complexity index is 1030. The summed E-state index contributed by atoms with van der Waals surface area (Å²) in [5, 5.41) is 11.2. The first kappa shape index (κ1) is 16.2. The van der Waals surface area contributed by atoms with Gasteiger partial charge in [0.2, 0.25) is 0 Å². The third-order valence-corrected chi connectivity index (χ3v) is 5.46. The van der Waals surface area contributed by atoms with Crippen molar-refractivity contribution >= 4 is 27.0 Å². The van der Waals surface area contributed by atoms with E-state index in [-0.39, 0.29) is 16.1 Å². The van der Waals surface area contributed by atoms with E-state index in [4.69, 9.17) is 5.26 Å². The van der Waals surface area contributed by atoms with Gasteiger partial charge in [0.05, 0.1) is 16.9 Å². The number of aromatic amines is 1. The van der Waals surface area contributed by atoms with Gasteiger partial charge in [-0.05, 0) is 30.7 Å². The minimum absolute atomic E-state index is 0.0110. The highest BCUT2D eigenvalue weighted by Crippen LogP contribution is 2.26. The number of hydrogen-bond donors (Lipinski definition) is 2. The molecule has 2 N–H and O–H groups in total. The average Bonchev–Trinajstić information content (AvgIpc) is 3.20. The molecule has 122 valence electrons. The number of anilines is 1. The first-order valence-electron chi connectivity index (χ1n) is 6.72. The van der Waals surface area contributed by atoms with E-state index in [9.17, 15) is 12.8 Å². The highest BCUT2D eigenvalue weighted by atomic mass is 32.2. The smallest absolute Gasteiger partial charge is 0.263 e. The number of aromatic nitrogens is 2. The first-order chi connectivity index (χ1) is 11.4. The molecule has 3 aromatic rings. The maximum atomic E-state index is 13.7. The third kappa shape index (κ3) is 3.02. The molecule has 6 nitrogen and oxygen atoms in total. The summed E-state index contributed by atoms with van der Waals surface area (Å²) < 4.78 is 41.0. The normalized spacial score (nSPS) is 11.2. The lowest BCUT2D eigenvalue weighted by molar-refractivity contribution is 0.601. The van der Waals surface area contributed by atoms with Crippen molar-refractivity contribution in [2.45, 2.75) is 11.8 Å². The molecule has 1 aromatic carbocycles. The van der Waals surface area contributed by atoms with E-state index in [0.717, 1.165) is 6.07 Å². The van der Waals surface area contributed by atoms with Gasteiger partial charge in [-0.25, -0.2) is 17.8 Å². The molecule has 2 aromatic heterocycles. The fourth-order valence-electron chi connectivity index (χ4n) is 2.09. The zero-order valence-electron chi connectivity index (χ0n) is 12.4. The van der Waals surface area contributed by atoms with Crippen LogP contribution in [0, 0.1) is 24.1 Å². The minimum atomic E-state index is -3.90. The Labute approximate surface area is 141 Å². The van der Waals surface area contributed by atoms with Gasteiger partial charge in [-0.15, -0.1) is 11.3 Å². The number of H-pyrrole nitrogens is 1. The lowest BCUT2D eigenvalue weighted by Gasteiger charge is -2.10. The Morgan fingerprint density at radius 2 is 2.17 bits per heavy atom. The largest absolute Gasteiger partial charge is 0.358 e. The van der Waals surface area contributed by atoms with Crippen LogP contribution < -0.4 is 4.72 Å². The van der Waals surface area contributed by atoms with Crippen LogP contribution in [0.3, 0.4) is 0 Å².